The third-order valence-corrected chi connectivity index (χ3v) is 4.59. The summed E-state index contributed by atoms with van der Waals surface area (Å²) < 4.78 is 0. The average molecular weight is 311 g/mol. The number of pyridine rings is 1. The number of aliphatic hydroxyl groups is 1. The lowest BCUT2D eigenvalue weighted by atomic mass is 10.0. The summed E-state index contributed by atoms with van der Waals surface area (Å²) in [7, 11) is 0. The van der Waals surface area contributed by atoms with Gasteiger partial charge in [-0.05, 0) is 48.7 Å². The maximum Gasteiger partial charge on any atom is 0.0685 e. The van der Waals surface area contributed by atoms with Crippen LogP contribution in [-0.4, -0.2) is 34.1 Å². The number of hydrogen-bond donors (Lipinski definition) is 2. The molecule has 0 unspecified atom stereocenters. The molecule has 1 saturated heterocycles. The van der Waals surface area contributed by atoms with Gasteiger partial charge < -0.3 is 10.4 Å². The molecule has 4 nitrogen and oxygen atoms in total. The molecular weight excluding hydrogens is 286 g/mol. The monoisotopic (exact) mass is 311 g/mol. The predicted molar refractivity (Wildman–Crippen MR) is 91.7 cm³/mol. The number of hydrogen-bond acceptors (Lipinski definition) is 4. The number of nitrogens with zero attached hydrogens (tertiary/aromatic N) is 2. The van der Waals surface area contributed by atoms with E-state index < -0.39 is 0 Å². The van der Waals surface area contributed by atoms with Gasteiger partial charge in [0.1, 0.15) is 0 Å². The molecule has 4 heteroatoms. The van der Waals surface area contributed by atoms with Gasteiger partial charge in [-0.25, -0.2) is 0 Å². The highest BCUT2D eigenvalue weighted by Crippen LogP contribution is 2.15. The minimum Gasteiger partial charge on any atom is -0.392 e. The lowest BCUT2D eigenvalue weighted by Crippen LogP contribution is -2.41. The Morgan fingerprint density at radius 3 is 2.57 bits per heavy atom. The van der Waals surface area contributed by atoms with Gasteiger partial charge in [0, 0.05) is 31.5 Å². The fourth-order valence-corrected chi connectivity index (χ4v) is 3.18. The van der Waals surface area contributed by atoms with E-state index in [1.807, 2.05) is 36.7 Å². The number of benzene rings is 1. The van der Waals surface area contributed by atoms with Crippen LogP contribution in [-0.2, 0) is 19.7 Å². The molecule has 0 radical (unpaired) electrons. The third kappa shape index (κ3) is 4.61. The van der Waals surface area contributed by atoms with Gasteiger partial charge in [-0.3, -0.25) is 9.88 Å². The maximum absolute atomic E-state index is 9.39. The van der Waals surface area contributed by atoms with Crippen molar-refractivity contribution in [3.63, 3.8) is 0 Å². The minimum atomic E-state index is 0.113. The molecule has 0 bridgehead atoms. The van der Waals surface area contributed by atoms with Crippen molar-refractivity contribution in [2.75, 3.05) is 13.1 Å². The van der Waals surface area contributed by atoms with Gasteiger partial charge in [-0.15, -0.1) is 0 Å². The second-order valence-corrected chi connectivity index (χ2v) is 6.22. The summed E-state index contributed by atoms with van der Waals surface area (Å²) in [6.07, 6.45) is 6.11. The molecule has 1 aromatic carbocycles. The standard InChI is InChI=1S/C19H25N3O/c23-15-18-6-2-1-5-17(18)13-21-19-7-10-22(11-8-19)14-16-4-3-9-20-12-16/h1-6,9,12,19,21,23H,7-8,10-11,13-15H2. The zero-order valence-electron chi connectivity index (χ0n) is 13.5. The van der Waals surface area contributed by atoms with E-state index in [-0.39, 0.29) is 6.61 Å². The first-order chi connectivity index (χ1) is 11.3. The first kappa shape index (κ1) is 16.1. The lowest BCUT2D eigenvalue weighted by molar-refractivity contribution is 0.189. The first-order valence-corrected chi connectivity index (χ1v) is 8.37. The Morgan fingerprint density at radius 2 is 1.87 bits per heavy atom. The summed E-state index contributed by atoms with van der Waals surface area (Å²) in [5.74, 6) is 0. The van der Waals surface area contributed by atoms with E-state index in [0.717, 1.165) is 31.7 Å². The van der Waals surface area contributed by atoms with Crippen molar-refractivity contribution >= 4 is 0 Å². The molecule has 0 spiro atoms. The molecule has 3 rings (SSSR count). The molecule has 1 aromatic heterocycles. The van der Waals surface area contributed by atoms with Crippen molar-refractivity contribution in [3.05, 3.63) is 65.5 Å². The molecule has 23 heavy (non-hydrogen) atoms. The van der Waals surface area contributed by atoms with Crippen LogP contribution in [0.5, 0.6) is 0 Å². The summed E-state index contributed by atoms with van der Waals surface area (Å²) in [6.45, 7) is 4.18. The summed E-state index contributed by atoms with van der Waals surface area (Å²) in [6, 6.07) is 12.8. The fourth-order valence-electron chi connectivity index (χ4n) is 3.18. The maximum atomic E-state index is 9.39. The summed E-state index contributed by atoms with van der Waals surface area (Å²) in [5, 5.41) is 13.0. The van der Waals surface area contributed by atoms with Gasteiger partial charge in [-0.1, -0.05) is 30.3 Å². The van der Waals surface area contributed by atoms with Crippen LogP contribution in [0.4, 0.5) is 0 Å². The molecule has 0 amide bonds. The van der Waals surface area contributed by atoms with Crippen molar-refractivity contribution in [2.45, 2.75) is 38.6 Å². The number of likely N-dealkylation sites (tertiary alicyclic amines) is 1. The molecule has 2 aromatic rings. The van der Waals surface area contributed by atoms with Crippen LogP contribution in [0.25, 0.3) is 0 Å². The van der Waals surface area contributed by atoms with Crippen molar-refractivity contribution in [1.82, 2.24) is 15.2 Å². The minimum absolute atomic E-state index is 0.113. The summed E-state index contributed by atoms with van der Waals surface area (Å²) in [4.78, 5) is 6.68. The predicted octanol–water partition coefficient (Wildman–Crippen LogP) is 2.33. The van der Waals surface area contributed by atoms with Crippen LogP contribution in [0.2, 0.25) is 0 Å². The van der Waals surface area contributed by atoms with Crippen LogP contribution < -0.4 is 5.32 Å². The summed E-state index contributed by atoms with van der Waals surface area (Å²) >= 11 is 0. The third-order valence-electron chi connectivity index (χ3n) is 4.59. The molecule has 1 aliphatic heterocycles. The Kier molecular flexibility index (Phi) is 5.75. The largest absolute Gasteiger partial charge is 0.392 e. The summed E-state index contributed by atoms with van der Waals surface area (Å²) in [5.41, 5.74) is 3.51. The zero-order valence-corrected chi connectivity index (χ0v) is 13.5. The fraction of sp³-hybridized carbons (Fsp3) is 0.421. The number of piperidine rings is 1. The normalized spacial score (nSPS) is 16.6. The smallest absolute Gasteiger partial charge is 0.0685 e. The quantitative estimate of drug-likeness (QED) is 0.859. The first-order valence-electron chi connectivity index (χ1n) is 8.37. The Morgan fingerprint density at radius 1 is 1.09 bits per heavy atom. The zero-order chi connectivity index (χ0) is 15.9. The van der Waals surface area contributed by atoms with Gasteiger partial charge in [0.05, 0.1) is 6.61 Å². The number of aliphatic hydroxyl groups excluding tert-OH is 1. The Hall–Kier alpha value is -1.75. The van der Waals surface area contributed by atoms with Crippen molar-refractivity contribution in [3.8, 4) is 0 Å². The van der Waals surface area contributed by atoms with Gasteiger partial charge in [0.25, 0.3) is 0 Å². The number of aromatic nitrogens is 1. The highest BCUT2D eigenvalue weighted by molar-refractivity contribution is 5.26. The highest BCUT2D eigenvalue weighted by atomic mass is 16.3. The Balaban J connectivity index is 1.44. The van der Waals surface area contributed by atoms with Gasteiger partial charge in [0.2, 0.25) is 0 Å². The van der Waals surface area contributed by atoms with Crippen molar-refractivity contribution in [1.29, 1.82) is 0 Å². The molecule has 2 heterocycles. The van der Waals surface area contributed by atoms with Crippen LogP contribution in [0.1, 0.15) is 29.5 Å². The van der Waals surface area contributed by atoms with E-state index in [9.17, 15) is 5.11 Å². The van der Waals surface area contributed by atoms with Crippen LogP contribution in [0, 0.1) is 0 Å². The van der Waals surface area contributed by atoms with E-state index in [2.05, 4.69) is 27.3 Å². The van der Waals surface area contributed by atoms with E-state index >= 15 is 0 Å². The average Bonchev–Trinajstić information content (AvgIpc) is 2.62. The molecule has 1 aliphatic rings. The molecule has 0 atom stereocenters. The molecule has 122 valence electrons. The van der Waals surface area contributed by atoms with E-state index in [4.69, 9.17) is 0 Å². The van der Waals surface area contributed by atoms with Crippen molar-refractivity contribution < 1.29 is 5.11 Å². The van der Waals surface area contributed by atoms with Crippen molar-refractivity contribution in [2.24, 2.45) is 0 Å². The molecular formula is C19H25N3O. The molecule has 2 N–H and O–H groups in total. The Labute approximate surface area is 138 Å². The van der Waals surface area contributed by atoms with Gasteiger partial charge in [0.15, 0.2) is 0 Å². The highest BCUT2D eigenvalue weighted by Gasteiger charge is 2.19. The van der Waals surface area contributed by atoms with E-state index in [1.54, 1.807) is 0 Å². The SMILES string of the molecule is OCc1ccccc1CNC1CCN(Cc2cccnc2)CC1. The van der Waals surface area contributed by atoms with Crippen LogP contribution in [0.3, 0.4) is 0 Å². The second-order valence-electron chi connectivity index (χ2n) is 6.22. The number of nitrogens with one attached hydrogen (secondary N) is 1. The second kappa shape index (κ2) is 8.20. The van der Waals surface area contributed by atoms with Gasteiger partial charge >= 0.3 is 0 Å². The Bertz CT molecular complexity index is 595. The molecule has 0 saturated carbocycles. The van der Waals surface area contributed by atoms with Gasteiger partial charge in [-0.2, -0.15) is 0 Å². The topological polar surface area (TPSA) is 48.4 Å². The number of rotatable bonds is 6. The molecule has 0 aliphatic carbocycles. The lowest BCUT2D eigenvalue weighted by Gasteiger charge is -2.32. The van der Waals surface area contributed by atoms with E-state index in [1.165, 1.54) is 24.0 Å². The molecule has 1 fully saturated rings. The van der Waals surface area contributed by atoms with Crippen LogP contribution >= 0.6 is 0 Å². The van der Waals surface area contributed by atoms with Crippen LogP contribution in [0.15, 0.2) is 48.8 Å². The van der Waals surface area contributed by atoms with E-state index in [0.29, 0.717) is 6.04 Å².